The van der Waals surface area contributed by atoms with Gasteiger partial charge in [0, 0.05) is 24.2 Å². The zero-order chi connectivity index (χ0) is 13.4. The molecular formula is C14H21BrFNO. The highest BCUT2D eigenvalue weighted by Gasteiger charge is 2.11. The highest BCUT2D eigenvalue weighted by atomic mass is 79.9. The molecule has 0 saturated carbocycles. The lowest BCUT2D eigenvalue weighted by Gasteiger charge is -2.18. The van der Waals surface area contributed by atoms with Gasteiger partial charge in [-0.2, -0.15) is 0 Å². The molecule has 1 aromatic rings. The number of hydrogen-bond donors (Lipinski definition) is 1. The third-order valence-corrected chi connectivity index (χ3v) is 3.37. The fourth-order valence-corrected chi connectivity index (χ4v) is 2.32. The second-order valence-corrected chi connectivity index (χ2v) is 5.25. The van der Waals surface area contributed by atoms with E-state index in [1.54, 1.807) is 7.11 Å². The molecule has 0 amide bonds. The molecule has 0 aliphatic rings. The van der Waals surface area contributed by atoms with Gasteiger partial charge in [-0.25, -0.2) is 4.39 Å². The number of methoxy groups -OCH3 is 1. The molecule has 1 atom stereocenters. The van der Waals surface area contributed by atoms with Gasteiger partial charge in [-0.3, -0.25) is 0 Å². The van der Waals surface area contributed by atoms with Crippen molar-refractivity contribution in [3.63, 3.8) is 0 Å². The number of ether oxygens (including phenoxy) is 1. The van der Waals surface area contributed by atoms with E-state index >= 15 is 0 Å². The van der Waals surface area contributed by atoms with Gasteiger partial charge in [0.15, 0.2) is 0 Å². The summed E-state index contributed by atoms with van der Waals surface area (Å²) in [6.45, 7) is 3.72. The fourth-order valence-electron chi connectivity index (χ4n) is 1.99. The van der Waals surface area contributed by atoms with Crippen LogP contribution in [0.4, 0.5) is 4.39 Å². The maximum atomic E-state index is 13.8. The number of benzene rings is 1. The Morgan fingerprint density at radius 1 is 1.44 bits per heavy atom. The summed E-state index contributed by atoms with van der Waals surface area (Å²) in [6, 6.07) is 5.56. The molecular weight excluding hydrogens is 297 g/mol. The zero-order valence-corrected chi connectivity index (χ0v) is 12.6. The molecule has 102 valence electrons. The Morgan fingerprint density at radius 2 is 2.22 bits per heavy atom. The summed E-state index contributed by atoms with van der Waals surface area (Å²) < 4.78 is 19.6. The quantitative estimate of drug-likeness (QED) is 0.740. The molecule has 0 aliphatic carbocycles. The van der Waals surface area contributed by atoms with E-state index in [-0.39, 0.29) is 5.82 Å². The van der Waals surface area contributed by atoms with Gasteiger partial charge in [0.05, 0.1) is 0 Å². The van der Waals surface area contributed by atoms with Crippen molar-refractivity contribution in [3.05, 3.63) is 34.1 Å². The van der Waals surface area contributed by atoms with E-state index in [0.717, 1.165) is 42.5 Å². The minimum atomic E-state index is -0.140. The van der Waals surface area contributed by atoms with Gasteiger partial charge < -0.3 is 10.1 Å². The van der Waals surface area contributed by atoms with Crippen LogP contribution in [0.25, 0.3) is 0 Å². The van der Waals surface area contributed by atoms with Crippen LogP contribution >= 0.6 is 15.9 Å². The molecule has 0 heterocycles. The topological polar surface area (TPSA) is 21.3 Å². The fraction of sp³-hybridized carbons (Fsp3) is 0.571. The highest BCUT2D eigenvalue weighted by molar-refractivity contribution is 9.10. The van der Waals surface area contributed by atoms with Gasteiger partial charge in [0.1, 0.15) is 5.82 Å². The van der Waals surface area contributed by atoms with Gasteiger partial charge >= 0.3 is 0 Å². The average molecular weight is 318 g/mol. The second kappa shape index (κ2) is 8.62. The summed E-state index contributed by atoms with van der Waals surface area (Å²) in [4.78, 5) is 0. The summed E-state index contributed by atoms with van der Waals surface area (Å²) >= 11 is 3.27. The monoisotopic (exact) mass is 317 g/mol. The molecule has 1 aromatic carbocycles. The Balaban J connectivity index is 2.58. The lowest BCUT2D eigenvalue weighted by molar-refractivity contribution is 0.188. The molecule has 0 saturated heterocycles. The Kier molecular flexibility index (Phi) is 7.47. The van der Waals surface area contributed by atoms with Crippen molar-refractivity contribution < 1.29 is 9.13 Å². The lowest BCUT2D eigenvalue weighted by Crippen LogP contribution is -2.31. The van der Waals surface area contributed by atoms with Crippen molar-refractivity contribution in [1.29, 1.82) is 0 Å². The molecule has 1 N–H and O–H groups in total. The number of hydrogen-bond acceptors (Lipinski definition) is 2. The van der Waals surface area contributed by atoms with E-state index in [1.807, 2.05) is 12.1 Å². The maximum Gasteiger partial charge on any atom is 0.127 e. The van der Waals surface area contributed by atoms with Gasteiger partial charge in [-0.05, 0) is 43.5 Å². The van der Waals surface area contributed by atoms with Crippen molar-refractivity contribution in [1.82, 2.24) is 5.32 Å². The summed E-state index contributed by atoms with van der Waals surface area (Å²) in [5, 5.41) is 3.40. The van der Waals surface area contributed by atoms with E-state index in [2.05, 4.69) is 28.2 Å². The van der Waals surface area contributed by atoms with Crippen LogP contribution in [-0.4, -0.2) is 26.3 Å². The van der Waals surface area contributed by atoms with Gasteiger partial charge in [-0.1, -0.05) is 28.9 Å². The minimum Gasteiger partial charge on any atom is -0.385 e. The van der Waals surface area contributed by atoms with Crippen LogP contribution in [0.3, 0.4) is 0 Å². The van der Waals surface area contributed by atoms with E-state index in [9.17, 15) is 4.39 Å². The average Bonchev–Trinajstić information content (AvgIpc) is 2.33. The molecule has 0 fully saturated rings. The SMILES string of the molecule is CCNC(CCCOC)Cc1ccc(Br)cc1F. The third kappa shape index (κ3) is 5.46. The summed E-state index contributed by atoms with van der Waals surface area (Å²) in [7, 11) is 1.71. The first-order chi connectivity index (χ1) is 8.67. The van der Waals surface area contributed by atoms with Crippen LogP contribution in [-0.2, 0) is 11.2 Å². The van der Waals surface area contributed by atoms with Crippen molar-refractivity contribution in [3.8, 4) is 0 Å². The first-order valence-corrected chi connectivity index (χ1v) is 7.13. The summed E-state index contributed by atoms with van der Waals surface area (Å²) in [6.07, 6.45) is 2.71. The molecule has 1 unspecified atom stereocenters. The maximum absolute atomic E-state index is 13.8. The molecule has 0 bridgehead atoms. The van der Waals surface area contributed by atoms with Crippen LogP contribution < -0.4 is 5.32 Å². The van der Waals surface area contributed by atoms with Crippen molar-refractivity contribution in [2.45, 2.75) is 32.2 Å². The smallest absolute Gasteiger partial charge is 0.127 e. The molecule has 0 aliphatic heterocycles. The van der Waals surface area contributed by atoms with Crippen LogP contribution in [0.5, 0.6) is 0 Å². The minimum absolute atomic E-state index is 0.140. The van der Waals surface area contributed by atoms with Crippen LogP contribution in [0, 0.1) is 5.82 Å². The third-order valence-electron chi connectivity index (χ3n) is 2.88. The normalized spacial score (nSPS) is 12.7. The molecule has 0 spiro atoms. The Morgan fingerprint density at radius 3 is 2.83 bits per heavy atom. The first-order valence-electron chi connectivity index (χ1n) is 6.33. The molecule has 4 heteroatoms. The lowest BCUT2D eigenvalue weighted by atomic mass is 10.0. The number of halogens is 2. The Hall–Kier alpha value is -0.450. The first kappa shape index (κ1) is 15.6. The number of rotatable bonds is 8. The Bertz CT molecular complexity index is 360. The second-order valence-electron chi connectivity index (χ2n) is 4.33. The van der Waals surface area contributed by atoms with Crippen molar-refractivity contribution in [2.24, 2.45) is 0 Å². The standard InChI is InChI=1S/C14H21BrFNO/c1-3-17-13(5-4-8-18-2)9-11-6-7-12(15)10-14(11)16/h6-7,10,13,17H,3-5,8-9H2,1-2H3. The van der Waals surface area contributed by atoms with E-state index in [0.29, 0.717) is 6.04 Å². The summed E-state index contributed by atoms with van der Waals surface area (Å²) in [5.41, 5.74) is 0.765. The predicted octanol–water partition coefficient (Wildman–Crippen LogP) is 3.54. The van der Waals surface area contributed by atoms with E-state index in [4.69, 9.17) is 4.74 Å². The van der Waals surface area contributed by atoms with Crippen LogP contribution in [0.2, 0.25) is 0 Å². The van der Waals surface area contributed by atoms with Gasteiger partial charge in [0.25, 0.3) is 0 Å². The van der Waals surface area contributed by atoms with Crippen LogP contribution in [0.15, 0.2) is 22.7 Å². The predicted molar refractivity (Wildman–Crippen MR) is 76.4 cm³/mol. The van der Waals surface area contributed by atoms with E-state index < -0.39 is 0 Å². The highest BCUT2D eigenvalue weighted by Crippen LogP contribution is 2.17. The van der Waals surface area contributed by atoms with Crippen LogP contribution in [0.1, 0.15) is 25.3 Å². The van der Waals surface area contributed by atoms with Gasteiger partial charge in [-0.15, -0.1) is 0 Å². The molecule has 0 radical (unpaired) electrons. The zero-order valence-electron chi connectivity index (χ0n) is 11.0. The Labute approximate surface area is 117 Å². The van der Waals surface area contributed by atoms with E-state index in [1.165, 1.54) is 6.07 Å². The molecule has 2 nitrogen and oxygen atoms in total. The summed E-state index contributed by atoms with van der Waals surface area (Å²) in [5.74, 6) is -0.140. The molecule has 1 rings (SSSR count). The van der Waals surface area contributed by atoms with Crippen molar-refractivity contribution in [2.75, 3.05) is 20.3 Å². The number of nitrogens with one attached hydrogen (secondary N) is 1. The molecule has 0 aromatic heterocycles. The number of likely N-dealkylation sites (N-methyl/N-ethyl adjacent to an activating group) is 1. The van der Waals surface area contributed by atoms with Crippen molar-refractivity contribution >= 4 is 15.9 Å². The van der Waals surface area contributed by atoms with Gasteiger partial charge in [0.2, 0.25) is 0 Å². The molecule has 18 heavy (non-hydrogen) atoms. The largest absolute Gasteiger partial charge is 0.385 e.